The molecule has 3 aromatic rings. The van der Waals surface area contributed by atoms with E-state index in [9.17, 15) is 0 Å². The average molecular weight is 376 g/mol. The van der Waals surface area contributed by atoms with Gasteiger partial charge in [0, 0.05) is 26.2 Å². The summed E-state index contributed by atoms with van der Waals surface area (Å²) in [5, 5.41) is 5.53. The number of rotatable bonds is 2. The van der Waals surface area contributed by atoms with E-state index < -0.39 is 0 Å². The van der Waals surface area contributed by atoms with Crippen LogP contribution in [-0.2, 0) is 17.7 Å². The minimum absolute atomic E-state index is 0.370. The van der Waals surface area contributed by atoms with Crippen LogP contribution in [0.2, 0.25) is 0 Å². The minimum atomic E-state index is 0.370. The zero-order chi connectivity index (χ0) is 19.4. The summed E-state index contributed by atoms with van der Waals surface area (Å²) in [6.45, 7) is 6.40. The molecule has 1 fully saturated rings. The summed E-state index contributed by atoms with van der Waals surface area (Å²) in [6.07, 6.45) is 3.88. The smallest absolute Gasteiger partial charge is 0.122 e. The highest BCUT2D eigenvalue weighted by Crippen LogP contribution is 2.41. The second kappa shape index (κ2) is 6.75. The molecule has 0 N–H and O–H groups in total. The van der Waals surface area contributed by atoms with Gasteiger partial charge in [-0.25, -0.2) is 0 Å². The second-order valence-electron chi connectivity index (χ2n) is 8.60. The number of fused-ring (bicyclic) bond motifs is 7. The summed E-state index contributed by atoms with van der Waals surface area (Å²) >= 11 is 0. The lowest BCUT2D eigenvalue weighted by atomic mass is 9.81. The van der Waals surface area contributed by atoms with E-state index in [4.69, 9.17) is 9.47 Å². The van der Waals surface area contributed by atoms with Crippen molar-refractivity contribution in [3.05, 3.63) is 52.6 Å². The molecule has 3 nitrogen and oxygen atoms in total. The van der Waals surface area contributed by atoms with E-state index >= 15 is 0 Å². The normalized spacial score (nSPS) is 22.3. The SMILES string of the molecule is COc1cc2c3c(c4ccc(C)cc4c2cc1C)CN1CC(OC)CC[C@@H]1C3. The van der Waals surface area contributed by atoms with Gasteiger partial charge in [-0.15, -0.1) is 0 Å². The molecule has 0 bridgehead atoms. The number of nitrogens with zero attached hydrogens (tertiary/aromatic N) is 1. The summed E-state index contributed by atoms with van der Waals surface area (Å²) in [5.74, 6) is 0.993. The summed E-state index contributed by atoms with van der Waals surface area (Å²) < 4.78 is 11.4. The molecule has 3 aromatic carbocycles. The number of benzene rings is 3. The summed E-state index contributed by atoms with van der Waals surface area (Å²) in [7, 11) is 3.63. The van der Waals surface area contributed by atoms with Gasteiger partial charge in [-0.2, -0.15) is 0 Å². The van der Waals surface area contributed by atoms with Gasteiger partial charge in [0.05, 0.1) is 13.2 Å². The molecule has 2 aliphatic heterocycles. The third-order valence-electron chi connectivity index (χ3n) is 6.93. The van der Waals surface area contributed by atoms with Crippen LogP contribution < -0.4 is 4.74 Å². The van der Waals surface area contributed by atoms with E-state index in [1.807, 2.05) is 7.11 Å². The lowest BCUT2D eigenvalue weighted by Gasteiger charge is -2.43. The summed E-state index contributed by atoms with van der Waals surface area (Å²) in [6, 6.07) is 12.2. The molecule has 0 radical (unpaired) electrons. The van der Waals surface area contributed by atoms with Gasteiger partial charge in [-0.05, 0) is 83.5 Å². The van der Waals surface area contributed by atoms with Crippen molar-refractivity contribution in [2.45, 2.75) is 51.8 Å². The van der Waals surface area contributed by atoms with Crippen LogP contribution in [0.5, 0.6) is 5.75 Å². The van der Waals surface area contributed by atoms with Gasteiger partial charge < -0.3 is 9.47 Å². The second-order valence-corrected chi connectivity index (χ2v) is 8.60. The fraction of sp³-hybridized carbons (Fsp3) is 0.440. The first-order valence-electron chi connectivity index (χ1n) is 10.4. The fourth-order valence-corrected chi connectivity index (χ4v) is 5.38. The molecule has 0 aromatic heterocycles. The van der Waals surface area contributed by atoms with Crippen LogP contribution in [0.15, 0.2) is 30.3 Å². The van der Waals surface area contributed by atoms with Gasteiger partial charge in [0.25, 0.3) is 0 Å². The Morgan fingerprint density at radius 3 is 2.50 bits per heavy atom. The molecule has 2 atom stereocenters. The minimum Gasteiger partial charge on any atom is -0.496 e. The maximum atomic E-state index is 5.69. The lowest BCUT2D eigenvalue weighted by Crippen LogP contribution is -2.48. The molecule has 5 rings (SSSR count). The van der Waals surface area contributed by atoms with Crippen LogP contribution in [0.1, 0.15) is 35.1 Å². The Hall–Kier alpha value is -2.10. The zero-order valence-corrected chi connectivity index (χ0v) is 17.3. The maximum Gasteiger partial charge on any atom is 0.122 e. The first-order valence-corrected chi connectivity index (χ1v) is 10.4. The molecule has 3 heteroatoms. The van der Waals surface area contributed by atoms with Gasteiger partial charge in [0.2, 0.25) is 0 Å². The van der Waals surface area contributed by atoms with Crippen molar-refractivity contribution in [3.8, 4) is 5.75 Å². The highest BCUT2D eigenvalue weighted by molar-refractivity contribution is 6.11. The van der Waals surface area contributed by atoms with Crippen LogP contribution in [0.25, 0.3) is 21.5 Å². The van der Waals surface area contributed by atoms with E-state index in [0.29, 0.717) is 12.1 Å². The molecule has 2 heterocycles. The Labute approximate surface area is 167 Å². The number of piperidine rings is 1. The number of ether oxygens (including phenoxy) is 2. The Balaban J connectivity index is 1.78. The van der Waals surface area contributed by atoms with Gasteiger partial charge in [0.1, 0.15) is 5.75 Å². The first kappa shape index (κ1) is 18.0. The number of hydrogen-bond donors (Lipinski definition) is 0. The van der Waals surface area contributed by atoms with Gasteiger partial charge in [-0.1, -0.05) is 23.8 Å². The molecule has 0 saturated carbocycles. The van der Waals surface area contributed by atoms with E-state index in [-0.39, 0.29) is 0 Å². The van der Waals surface area contributed by atoms with Gasteiger partial charge >= 0.3 is 0 Å². The van der Waals surface area contributed by atoms with Crippen LogP contribution in [0.3, 0.4) is 0 Å². The van der Waals surface area contributed by atoms with Crippen molar-refractivity contribution < 1.29 is 9.47 Å². The zero-order valence-electron chi connectivity index (χ0n) is 17.3. The quantitative estimate of drug-likeness (QED) is 0.578. The lowest BCUT2D eigenvalue weighted by molar-refractivity contribution is -0.00188. The van der Waals surface area contributed by atoms with E-state index in [0.717, 1.165) is 25.3 Å². The Kier molecular flexibility index (Phi) is 4.33. The third kappa shape index (κ3) is 2.72. The van der Waals surface area contributed by atoms with Crippen molar-refractivity contribution in [3.63, 3.8) is 0 Å². The molecular weight excluding hydrogens is 346 g/mol. The third-order valence-corrected chi connectivity index (χ3v) is 6.93. The molecule has 0 aliphatic carbocycles. The summed E-state index contributed by atoms with van der Waals surface area (Å²) in [4.78, 5) is 2.65. The predicted molar refractivity (Wildman–Crippen MR) is 115 cm³/mol. The molecule has 1 saturated heterocycles. The van der Waals surface area contributed by atoms with Crippen molar-refractivity contribution in [1.82, 2.24) is 4.90 Å². The number of hydrogen-bond acceptors (Lipinski definition) is 3. The van der Waals surface area contributed by atoms with Gasteiger partial charge in [-0.3, -0.25) is 4.90 Å². The summed E-state index contributed by atoms with van der Waals surface area (Å²) in [5.41, 5.74) is 5.55. The Morgan fingerprint density at radius 2 is 1.71 bits per heavy atom. The molecule has 2 aliphatic rings. The Morgan fingerprint density at radius 1 is 0.893 bits per heavy atom. The molecule has 28 heavy (non-hydrogen) atoms. The van der Waals surface area contributed by atoms with E-state index in [2.05, 4.69) is 49.1 Å². The van der Waals surface area contributed by atoms with Crippen molar-refractivity contribution in [1.29, 1.82) is 0 Å². The standard InChI is InChI=1S/C25H29NO2/c1-15-5-8-19-20(9-15)21-10-16(2)25(28-4)12-23(21)22-11-17-6-7-18(27-3)13-26(17)14-24(19)22/h5,8-10,12,17-18H,6-7,11,13-14H2,1-4H3/t17-,18?/m1/s1. The first-order chi connectivity index (χ1) is 13.6. The highest BCUT2D eigenvalue weighted by Gasteiger charge is 2.34. The fourth-order valence-electron chi connectivity index (χ4n) is 5.38. The Bertz CT molecular complexity index is 1070. The average Bonchev–Trinajstić information content (AvgIpc) is 2.71. The molecule has 0 spiro atoms. The van der Waals surface area contributed by atoms with Crippen LogP contribution in [-0.4, -0.2) is 37.8 Å². The monoisotopic (exact) mass is 375 g/mol. The largest absolute Gasteiger partial charge is 0.496 e. The van der Waals surface area contributed by atoms with Gasteiger partial charge in [0.15, 0.2) is 0 Å². The highest BCUT2D eigenvalue weighted by atomic mass is 16.5. The van der Waals surface area contributed by atoms with Crippen LogP contribution >= 0.6 is 0 Å². The van der Waals surface area contributed by atoms with Crippen molar-refractivity contribution >= 4 is 21.5 Å². The van der Waals surface area contributed by atoms with Crippen LogP contribution in [0, 0.1) is 13.8 Å². The topological polar surface area (TPSA) is 21.7 Å². The molecule has 1 unspecified atom stereocenters. The molecule has 0 amide bonds. The number of methoxy groups -OCH3 is 2. The molecular formula is C25H29NO2. The van der Waals surface area contributed by atoms with Crippen molar-refractivity contribution in [2.75, 3.05) is 20.8 Å². The molecule has 146 valence electrons. The van der Waals surface area contributed by atoms with Crippen molar-refractivity contribution in [2.24, 2.45) is 0 Å². The van der Waals surface area contributed by atoms with E-state index in [1.165, 1.54) is 56.6 Å². The maximum absolute atomic E-state index is 5.69. The predicted octanol–water partition coefficient (Wildman–Crippen LogP) is 5.15. The van der Waals surface area contributed by atoms with E-state index in [1.54, 1.807) is 7.11 Å². The number of aryl methyl sites for hydroxylation is 2. The van der Waals surface area contributed by atoms with Crippen LogP contribution in [0.4, 0.5) is 0 Å².